The van der Waals surface area contributed by atoms with Crippen molar-refractivity contribution in [2.45, 2.75) is 32.5 Å². The third kappa shape index (κ3) is 4.72. The molecule has 3 rings (SSSR count). The van der Waals surface area contributed by atoms with Gasteiger partial charge in [-0.3, -0.25) is 9.89 Å². The minimum Gasteiger partial charge on any atom is -0.496 e. The number of alkyl halides is 3. The summed E-state index contributed by atoms with van der Waals surface area (Å²) in [5, 5.41) is 0.388. The maximum Gasteiger partial charge on any atom is 0.431 e. The molecular weight excluding hydrogens is 429 g/mol. The van der Waals surface area contributed by atoms with Gasteiger partial charge in [0.1, 0.15) is 30.0 Å². The van der Waals surface area contributed by atoms with Gasteiger partial charge in [-0.05, 0) is 48.7 Å². The van der Waals surface area contributed by atoms with Gasteiger partial charge in [-0.25, -0.2) is 0 Å². The highest BCUT2D eigenvalue weighted by Crippen LogP contribution is 2.43. The van der Waals surface area contributed by atoms with E-state index in [4.69, 9.17) is 21.1 Å². The number of amidine groups is 1. The van der Waals surface area contributed by atoms with Gasteiger partial charge in [0.15, 0.2) is 0 Å². The summed E-state index contributed by atoms with van der Waals surface area (Å²) in [5.74, 6) is 0.807. The third-order valence-corrected chi connectivity index (χ3v) is 5.33. The Labute approximate surface area is 184 Å². The fraction of sp³-hybridized carbons (Fsp3) is 0.348. The Bertz CT molecular complexity index is 1000. The van der Waals surface area contributed by atoms with Crippen LogP contribution >= 0.6 is 11.6 Å². The van der Waals surface area contributed by atoms with Gasteiger partial charge >= 0.3 is 6.18 Å². The zero-order chi connectivity index (χ0) is 22.8. The molecule has 1 heterocycles. The lowest BCUT2D eigenvalue weighted by molar-refractivity contribution is -0.0918. The van der Waals surface area contributed by atoms with E-state index in [0.717, 1.165) is 16.0 Å². The van der Waals surface area contributed by atoms with E-state index < -0.39 is 18.0 Å². The number of fused-ring (bicyclic) bond motifs is 1. The fourth-order valence-electron chi connectivity index (χ4n) is 3.57. The first-order valence-electron chi connectivity index (χ1n) is 9.83. The Balaban J connectivity index is 2.25. The van der Waals surface area contributed by atoms with Gasteiger partial charge in [0.05, 0.1) is 12.8 Å². The fourth-order valence-corrected chi connectivity index (χ4v) is 3.75. The average molecular weight is 453 g/mol. The number of benzene rings is 2. The maximum absolute atomic E-state index is 13.7. The summed E-state index contributed by atoms with van der Waals surface area (Å²) < 4.78 is 52.8. The zero-order valence-corrected chi connectivity index (χ0v) is 18.3. The minimum atomic E-state index is -4.64. The molecule has 0 amide bonds. The van der Waals surface area contributed by atoms with Crippen LogP contribution in [0, 0.1) is 6.92 Å². The molecule has 8 heteroatoms. The number of rotatable bonds is 5. The molecule has 2 aromatic carbocycles. The number of allylic oxidation sites excluding steroid dienone is 1. The molecule has 2 aromatic rings. The van der Waals surface area contributed by atoms with Crippen LogP contribution in [0.3, 0.4) is 0 Å². The Hall–Kier alpha value is -2.51. The number of nitrogens with zero attached hydrogens (tertiary/aromatic N) is 2. The van der Waals surface area contributed by atoms with Crippen molar-refractivity contribution in [3.63, 3.8) is 0 Å². The smallest absolute Gasteiger partial charge is 0.431 e. The molecule has 0 fully saturated rings. The standard InChI is InChI=1S/C23H24ClF3N2O2/c1-5-11-28-21-13-31-22(17-7-6-8-20(30-4)14(17)2)18-12-16(24)9-10-19(18)29(21)15(3)23(25,26)27/h6-10,12,22H,3,5,11,13H2,1-2,4H3/t22-/m1/s1. The van der Waals surface area contributed by atoms with E-state index in [1.54, 1.807) is 25.3 Å². The van der Waals surface area contributed by atoms with Gasteiger partial charge in [-0.15, -0.1) is 0 Å². The minimum absolute atomic E-state index is 0.122. The summed E-state index contributed by atoms with van der Waals surface area (Å²) in [6, 6.07) is 10.2. The number of anilines is 1. The van der Waals surface area contributed by atoms with Crippen LogP contribution in [0.25, 0.3) is 0 Å². The van der Waals surface area contributed by atoms with Gasteiger partial charge < -0.3 is 9.47 Å². The molecule has 0 aliphatic carbocycles. The molecule has 0 saturated carbocycles. The van der Waals surface area contributed by atoms with Crippen LogP contribution in [0.4, 0.5) is 18.9 Å². The summed E-state index contributed by atoms with van der Waals surface area (Å²) in [6.07, 6.45) is -4.63. The average Bonchev–Trinajstić information content (AvgIpc) is 2.87. The second kappa shape index (κ2) is 9.32. The number of ether oxygens (including phenoxy) is 2. The molecule has 0 radical (unpaired) electrons. The molecule has 31 heavy (non-hydrogen) atoms. The van der Waals surface area contributed by atoms with Crippen molar-refractivity contribution < 1.29 is 22.6 Å². The van der Waals surface area contributed by atoms with Crippen molar-refractivity contribution in [2.75, 3.05) is 25.2 Å². The van der Waals surface area contributed by atoms with E-state index in [0.29, 0.717) is 29.3 Å². The second-order valence-corrected chi connectivity index (χ2v) is 7.58. The van der Waals surface area contributed by atoms with E-state index in [2.05, 4.69) is 11.6 Å². The summed E-state index contributed by atoms with van der Waals surface area (Å²) in [4.78, 5) is 5.42. The number of halogens is 4. The highest BCUT2D eigenvalue weighted by molar-refractivity contribution is 6.30. The largest absolute Gasteiger partial charge is 0.496 e. The lowest BCUT2D eigenvalue weighted by Gasteiger charge is -2.29. The van der Waals surface area contributed by atoms with Crippen molar-refractivity contribution in [3.8, 4) is 5.75 Å². The lowest BCUT2D eigenvalue weighted by Crippen LogP contribution is -2.38. The SMILES string of the molecule is C=C(N1C(=NCCC)CO[C@H](c2cccc(OC)c2C)c2cc(Cl)ccc21)C(F)(F)F. The molecule has 0 spiro atoms. The molecule has 1 aliphatic rings. The van der Waals surface area contributed by atoms with E-state index >= 15 is 0 Å². The van der Waals surface area contributed by atoms with Gasteiger partial charge in [-0.1, -0.05) is 37.2 Å². The Morgan fingerprint density at radius 1 is 1.29 bits per heavy atom. The predicted octanol–water partition coefficient (Wildman–Crippen LogP) is 6.47. The summed E-state index contributed by atoms with van der Waals surface area (Å²) in [5.41, 5.74) is 1.35. The first-order chi connectivity index (χ1) is 14.7. The summed E-state index contributed by atoms with van der Waals surface area (Å²) in [7, 11) is 1.56. The maximum atomic E-state index is 13.7. The molecule has 166 valence electrons. The van der Waals surface area contributed by atoms with Crippen LogP contribution in [0.15, 0.2) is 53.7 Å². The zero-order valence-electron chi connectivity index (χ0n) is 17.6. The van der Waals surface area contributed by atoms with E-state index in [-0.39, 0.29) is 18.1 Å². The van der Waals surface area contributed by atoms with Crippen molar-refractivity contribution in [1.29, 1.82) is 0 Å². The van der Waals surface area contributed by atoms with Gasteiger partial charge in [0.2, 0.25) is 0 Å². The van der Waals surface area contributed by atoms with E-state index in [9.17, 15) is 13.2 Å². The molecule has 0 unspecified atom stereocenters. The first-order valence-corrected chi connectivity index (χ1v) is 10.2. The second-order valence-electron chi connectivity index (χ2n) is 7.15. The summed E-state index contributed by atoms with van der Waals surface area (Å²) >= 11 is 6.24. The molecular formula is C23H24ClF3N2O2. The van der Waals surface area contributed by atoms with Crippen molar-refractivity contribution >= 4 is 23.1 Å². The van der Waals surface area contributed by atoms with E-state index in [1.165, 1.54) is 0 Å². The first kappa shape index (κ1) is 23.2. The molecule has 1 atom stereocenters. The van der Waals surface area contributed by atoms with Crippen LogP contribution in [-0.4, -0.2) is 32.3 Å². The molecule has 0 saturated heterocycles. The molecule has 4 nitrogen and oxygen atoms in total. The third-order valence-electron chi connectivity index (χ3n) is 5.09. The van der Waals surface area contributed by atoms with Gasteiger partial charge in [0.25, 0.3) is 0 Å². The molecule has 1 aliphatic heterocycles. The van der Waals surface area contributed by atoms with Crippen LogP contribution in [0.1, 0.15) is 36.1 Å². The normalized spacial score (nSPS) is 18.0. The Morgan fingerprint density at radius 3 is 2.68 bits per heavy atom. The predicted molar refractivity (Wildman–Crippen MR) is 117 cm³/mol. The van der Waals surface area contributed by atoms with Crippen molar-refractivity contribution in [2.24, 2.45) is 4.99 Å². The van der Waals surface area contributed by atoms with Crippen LogP contribution < -0.4 is 9.64 Å². The number of aliphatic imine (C=N–C) groups is 1. The van der Waals surface area contributed by atoms with Crippen LogP contribution in [0.5, 0.6) is 5.75 Å². The highest BCUT2D eigenvalue weighted by Gasteiger charge is 2.41. The number of methoxy groups -OCH3 is 1. The molecule has 0 N–H and O–H groups in total. The Morgan fingerprint density at radius 2 is 2.03 bits per heavy atom. The van der Waals surface area contributed by atoms with Crippen LogP contribution in [0.2, 0.25) is 5.02 Å². The highest BCUT2D eigenvalue weighted by atomic mass is 35.5. The topological polar surface area (TPSA) is 34.1 Å². The number of hydrogen-bond acceptors (Lipinski definition) is 3. The lowest BCUT2D eigenvalue weighted by atomic mass is 9.95. The monoisotopic (exact) mass is 452 g/mol. The van der Waals surface area contributed by atoms with Gasteiger partial charge in [0, 0.05) is 17.1 Å². The van der Waals surface area contributed by atoms with Crippen LogP contribution in [-0.2, 0) is 4.74 Å². The van der Waals surface area contributed by atoms with E-state index in [1.807, 2.05) is 32.0 Å². The summed E-state index contributed by atoms with van der Waals surface area (Å²) in [6.45, 7) is 7.35. The molecule has 0 aromatic heterocycles. The Kier molecular flexibility index (Phi) is 6.96. The van der Waals surface area contributed by atoms with Crippen molar-refractivity contribution in [3.05, 3.63) is 70.4 Å². The van der Waals surface area contributed by atoms with Crippen molar-refractivity contribution in [1.82, 2.24) is 0 Å². The molecule has 0 bridgehead atoms. The van der Waals surface area contributed by atoms with Gasteiger partial charge in [-0.2, -0.15) is 13.2 Å². The quantitative estimate of drug-likeness (QED) is 0.521. The number of hydrogen-bond donors (Lipinski definition) is 0.